The van der Waals surface area contributed by atoms with Gasteiger partial charge in [-0.15, -0.1) is 0 Å². The van der Waals surface area contributed by atoms with Crippen molar-refractivity contribution in [1.82, 2.24) is 10.6 Å². The lowest BCUT2D eigenvalue weighted by atomic mass is 10.1. The highest BCUT2D eigenvalue weighted by atomic mass is 16.5. The van der Waals surface area contributed by atoms with Crippen LogP contribution < -0.4 is 20.1 Å². The Morgan fingerprint density at radius 1 is 0.815 bits per heavy atom. The molecule has 27 heavy (non-hydrogen) atoms. The predicted molar refractivity (Wildman–Crippen MR) is 104 cm³/mol. The molecule has 6 nitrogen and oxygen atoms in total. The molecular weight excluding hydrogens is 344 g/mol. The maximum atomic E-state index is 11.9. The van der Waals surface area contributed by atoms with Gasteiger partial charge in [-0.1, -0.05) is 36.4 Å². The normalized spacial score (nSPS) is 10.1. The highest BCUT2D eigenvalue weighted by Crippen LogP contribution is 2.28. The molecule has 144 valence electrons. The molecule has 0 spiro atoms. The molecule has 0 heterocycles. The fraction of sp³-hybridized carbons (Fsp3) is 0.333. The quantitative estimate of drug-likeness (QED) is 0.665. The Hall–Kier alpha value is -3.02. The third-order valence-electron chi connectivity index (χ3n) is 3.81. The molecule has 0 aliphatic rings. The van der Waals surface area contributed by atoms with Crippen LogP contribution in [0.4, 0.5) is 0 Å². The summed E-state index contributed by atoms with van der Waals surface area (Å²) in [5.74, 6) is 0.110. The Morgan fingerprint density at radius 2 is 1.48 bits per heavy atom. The molecule has 0 unspecified atom stereocenters. The number of hydrogen-bond donors (Lipinski definition) is 2. The molecule has 0 atom stereocenters. The highest BCUT2D eigenvalue weighted by Gasteiger charge is 2.12. The van der Waals surface area contributed by atoms with Gasteiger partial charge in [0.05, 0.1) is 13.2 Å². The molecule has 0 radical (unpaired) electrons. The van der Waals surface area contributed by atoms with E-state index < -0.39 is 11.8 Å². The Balaban J connectivity index is 1.80. The zero-order valence-electron chi connectivity index (χ0n) is 15.8. The molecule has 0 saturated heterocycles. The third-order valence-corrected chi connectivity index (χ3v) is 3.81. The van der Waals surface area contributed by atoms with Crippen molar-refractivity contribution in [2.45, 2.75) is 26.8 Å². The van der Waals surface area contributed by atoms with Crippen molar-refractivity contribution in [3.8, 4) is 11.5 Å². The van der Waals surface area contributed by atoms with E-state index in [-0.39, 0.29) is 0 Å². The van der Waals surface area contributed by atoms with Crippen LogP contribution in [0, 0.1) is 0 Å². The van der Waals surface area contributed by atoms with Gasteiger partial charge in [-0.25, -0.2) is 0 Å². The van der Waals surface area contributed by atoms with Crippen molar-refractivity contribution in [3.05, 3.63) is 59.7 Å². The van der Waals surface area contributed by atoms with Crippen molar-refractivity contribution in [2.75, 3.05) is 19.8 Å². The average molecular weight is 370 g/mol. The summed E-state index contributed by atoms with van der Waals surface area (Å²) in [6.45, 7) is 5.62. The van der Waals surface area contributed by atoms with E-state index in [2.05, 4.69) is 10.6 Å². The first kappa shape index (κ1) is 20.3. The van der Waals surface area contributed by atoms with Crippen molar-refractivity contribution in [3.63, 3.8) is 0 Å². The van der Waals surface area contributed by atoms with Gasteiger partial charge in [0.25, 0.3) is 0 Å². The van der Waals surface area contributed by atoms with Gasteiger partial charge in [0.2, 0.25) is 0 Å². The number of amides is 2. The molecule has 0 fully saturated rings. The van der Waals surface area contributed by atoms with Crippen molar-refractivity contribution in [1.29, 1.82) is 0 Å². The summed E-state index contributed by atoms with van der Waals surface area (Å²) >= 11 is 0. The van der Waals surface area contributed by atoms with E-state index in [1.807, 2.05) is 62.4 Å². The second kappa shape index (κ2) is 10.9. The van der Waals surface area contributed by atoms with Crippen LogP contribution in [0.15, 0.2) is 48.5 Å². The number of nitrogens with one attached hydrogen (secondary N) is 2. The Bertz CT molecular complexity index is 747. The van der Waals surface area contributed by atoms with Crippen molar-refractivity contribution in [2.24, 2.45) is 0 Å². The van der Waals surface area contributed by atoms with E-state index in [1.165, 1.54) is 0 Å². The minimum absolute atomic E-state index is 0.323. The maximum Gasteiger partial charge on any atom is 0.309 e. The van der Waals surface area contributed by atoms with Crippen LogP contribution in [0.2, 0.25) is 0 Å². The van der Waals surface area contributed by atoms with Crippen LogP contribution in [-0.4, -0.2) is 31.6 Å². The lowest BCUT2D eigenvalue weighted by Gasteiger charge is -2.12. The Morgan fingerprint density at radius 3 is 2.19 bits per heavy atom. The number of carbonyl (C=O) groups is 2. The molecule has 0 aromatic heterocycles. The van der Waals surface area contributed by atoms with E-state index in [9.17, 15) is 9.59 Å². The molecule has 6 heteroatoms. The van der Waals surface area contributed by atoms with Gasteiger partial charge in [-0.2, -0.15) is 0 Å². The molecule has 0 aliphatic carbocycles. The minimum Gasteiger partial charge on any atom is -0.490 e. The largest absolute Gasteiger partial charge is 0.490 e. The summed E-state index contributed by atoms with van der Waals surface area (Å²) in [7, 11) is 0. The lowest BCUT2D eigenvalue weighted by molar-refractivity contribution is -0.139. The van der Waals surface area contributed by atoms with Gasteiger partial charge < -0.3 is 20.1 Å². The Kier molecular flexibility index (Phi) is 8.16. The predicted octanol–water partition coefficient (Wildman–Crippen LogP) is 2.46. The second-order valence-corrected chi connectivity index (χ2v) is 5.82. The molecule has 2 amide bonds. The monoisotopic (exact) mass is 370 g/mol. The molecule has 0 bridgehead atoms. The van der Waals surface area contributed by atoms with Crippen LogP contribution in [0.3, 0.4) is 0 Å². The van der Waals surface area contributed by atoms with E-state index in [1.54, 1.807) is 0 Å². The zero-order valence-corrected chi connectivity index (χ0v) is 15.8. The first-order valence-electron chi connectivity index (χ1n) is 9.12. The molecule has 0 aliphatic heterocycles. The van der Waals surface area contributed by atoms with Gasteiger partial charge in [0, 0.05) is 13.1 Å². The van der Waals surface area contributed by atoms with Gasteiger partial charge in [-0.05, 0) is 43.5 Å². The first-order chi connectivity index (χ1) is 13.1. The molecule has 2 aromatic carbocycles. The molecular formula is C21H26N2O4. The van der Waals surface area contributed by atoms with Crippen LogP contribution in [-0.2, 0) is 22.6 Å². The molecule has 2 aromatic rings. The first-order valence-corrected chi connectivity index (χ1v) is 9.12. The van der Waals surface area contributed by atoms with Crippen molar-refractivity contribution >= 4 is 11.8 Å². The van der Waals surface area contributed by atoms with Crippen molar-refractivity contribution < 1.29 is 19.1 Å². The zero-order chi connectivity index (χ0) is 19.5. The topological polar surface area (TPSA) is 76.7 Å². The standard InChI is InChI=1S/C21H26N2O4/c1-3-26-18-11-10-16(14-19(18)27-4-2)12-13-22-20(24)21(25)23-15-17-8-6-5-7-9-17/h5-11,14H,3-4,12-13,15H2,1-2H3,(H,22,24)(H,23,25). The number of hydrogen-bond acceptors (Lipinski definition) is 4. The van der Waals surface area contributed by atoms with Crippen LogP contribution in [0.25, 0.3) is 0 Å². The second-order valence-electron chi connectivity index (χ2n) is 5.82. The fourth-order valence-corrected chi connectivity index (χ4v) is 2.51. The van der Waals surface area contributed by atoms with E-state index >= 15 is 0 Å². The maximum absolute atomic E-state index is 11.9. The SMILES string of the molecule is CCOc1ccc(CCNC(=O)C(=O)NCc2ccccc2)cc1OCC. The summed E-state index contributed by atoms with van der Waals surface area (Å²) in [5, 5.41) is 5.24. The molecule has 0 saturated carbocycles. The summed E-state index contributed by atoms with van der Waals surface area (Å²) in [6.07, 6.45) is 0.587. The summed E-state index contributed by atoms with van der Waals surface area (Å²) in [4.78, 5) is 23.8. The number of benzene rings is 2. The van der Waals surface area contributed by atoms with E-state index in [0.717, 1.165) is 11.1 Å². The van der Waals surface area contributed by atoms with Crippen LogP contribution in [0.1, 0.15) is 25.0 Å². The molecule has 2 rings (SSSR count). The van der Waals surface area contributed by atoms with Gasteiger partial charge in [-0.3, -0.25) is 9.59 Å². The van der Waals surface area contributed by atoms with Crippen LogP contribution in [0.5, 0.6) is 11.5 Å². The Labute approximate surface area is 159 Å². The van der Waals surface area contributed by atoms with Crippen LogP contribution >= 0.6 is 0 Å². The number of carbonyl (C=O) groups excluding carboxylic acids is 2. The highest BCUT2D eigenvalue weighted by molar-refractivity contribution is 6.35. The van der Waals surface area contributed by atoms with E-state index in [4.69, 9.17) is 9.47 Å². The third kappa shape index (κ3) is 6.66. The average Bonchev–Trinajstić information content (AvgIpc) is 2.69. The number of rotatable bonds is 9. The van der Waals surface area contributed by atoms with Gasteiger partial charge in [0.15, 0.2) is 11.5 Å². The van der Waals surface area contributed by atoms with Gasteiger partial charge >= 0.3 is 11.8 Å². The number of ether oxygens (including phenoxy) is 2. The lowest BCUT2D eigenvalue weighted by Crippen LogP contribution is -2.40. The summed E-state index contributed by atoms with van der Waals surface area (Å²) < 4.78 is 11.1. The minimum atomic E-state index is -0.638. The summed E-state index contributed by atoms with van der Waals surface area (Å²) in [5.41, 5.74) is 1.93. The smallest absolute Gasteiger partial charge is 0.309 e. The fourth-order valence-electron chi connectivity index (χ4n) is 2.51. The summed E-state index contributed by atoms with van der Waals surface area (Å²) in [6, 6.07) is 15.1. The molecule has 2 N–H and O–H groups in total. The van der Waals surface area contributed by atoms with Gasteiger partial charge in [0.1, 0.15) is 0 Å². The van der Waals surface area contributed by atoms with E-state index in [0.29, 0.717) is 44.2 Å².